The molecule has 74 valence electrons. The number of aliphatic carboxylic acids is 1. The number of carboxylic acids is 1. The molecule has 0 bridgehead atoms. The summed E-state index contributed by atoms with van der Waals surface area (Å²) >= 11 is 0. The van der Waals surface area contributed by atoms with Crippen molar-refractivity contribution >= 4 is 5.97 Å². The molecule has 1 N–H and O–H groups in total. The van der Waals surface area contributed by atoms with Crippen LogP contribution in [0, 0.1) is 5.92 Å². The van der Waals surface area contributed by atoms with E-state index in [0.29, 0.717) is 0 Å². The van der Waals surface area contributed by atoms with Crippen molar-refractivity contribution in [3.05, 3.63) is 11.6 Å². The largest absolute Gasteiger partial charge is 0.545 e. The fourth-order valence-corrected chi connectivity index (χ4v) is 1.72. The summed E-state index contributed by atoms with van der Waals surface area (Å²) in [6.07, 6.45) is 5.02. The summed E-state index contributed by atoms with van der Waals surface area (Å²) in [5, 5.41) is 20.0. The molecule has 0 amide bonds. The summed E-state index contributed by atoms with van der Waals surface area (Å²) in [6, 6.07) is 0. The first-order chi connectivity index (χ1) is 6.11. The third-order valence-electron chi connectivity index (χ3n) is 2.57. The van der Waals surface area contributed by atoms with E-state index in [-0.39, 0.29) is 17.6 Å². The Hall–Kier alpha value is -0.830. The van der Waals surface area contributed by atoms with Gasteiger partial charge in [0.25, 0.3) is 0 Å². The van der Waals surface area contributed by atoms with Crippen LogP contribution in [0.15, 0.2) is 11.6 Å². The first-order valence-corrected chi connectivity index (χ1v) is 4.69. The van der Waals surface area contributed by atoms with Gasteiger partial charge in [0.2, 0.25) is 0 Å². The topological polar surface area (TPSA) is 60.4 Å². The number of aliphatic hydroxyl groups excluding tert-OH is 1. The molecule has 0 radical (unpaired) electrons. The summed E-state index contributed by atoms with van der Waals surface area (Å²) in [5.74, 6) is -1.13. The van der Waals surface area contributed by atoms with Crippen LogP contribution in [0.5, 0.6) is 0 Å². The Morgan fingerprint density at radius 3 is 2.62 bits per heavy atom. The summed E-state index contributed by atoms with van der Waals surface area (Å²) in [5.41, 5.74) is 0.228. The molecule has 0 aromatic rings. The van der Waals surface area contributed by atoms with Crippen LogP contribution in [0.4, 0.5) is 0 Å². The molecule has 2 unspecified atom stereocenters. The molecule has 3 nitrogen and oxygen atoms in total. The zero-order valence-electron chi connectivity index (χ0n) is 7.82. The smallest absolute Gasteiger partial charge is 0.0668 e. The van der Waals surface area contributed by atoms with Crippen LogP contribution in [0.3, 0.4) is 0 Å². The van der Waals surface area contributed by atoms with Gasteiger partial charge in [-0.3, -0.25) is 0 Å². The zero-order chi connectivity index (χ0) is 9.84. The SMILES string of the molecule is C/C(=C\C1CCCCC1O)C(=O)[O-]. The van der Waals surface area contributed by atoms with Gasteiger partial charge >= 0.3 is 0 Å². The second-order valence-electron chi connectivity index (χ2n) is 3.65. The molecule has 2 atom stereocenters. The second-order valence-corrected chi connectivity index (χ2v) is 3.65. The third-order valence-corrected chi connectivity index (χ3v) is 2.57. The Morgan fingerprint density at radius 2 is 2.08 bits per heavy atom. The predicted molar refractivity (Wildman–Crippen MR) is 46.7 cm³/mol. The summed E-state index contributed by atoms with van der Waals surface area (Å²) in [7, 11) is 0. The minimum absolute atomic E-state index is 0.00616. The van der Waals surface area contributed by atoms with E-state index in [0.717, 1.165) is 25.7 Å². The van der Waals surface area contributed by atoms with E-state index in [1.54, 1.807) is 6.08 Å². The first kappa shape index (κ1) is 10.3. The molecular formula is C10H15O3-. The van der Waals surface area contributed by atoms with Gasteiger partial charge in [0.05, 0.1) is 12.1 Å². The van der Waals surface area contributed by atoms with E-state index in [1.165, 1.54) is 6.92 Å². The molecule has 1 rings (SSSR count). The standard InChI is InChI=1S/C10H16O3/c1-7(10(12)13)6-8-4-2-3-5-9(8)11/h6,8-9,11H,2-5H2,1H3,(H,12,13)/p-1/b7-6+. The number of rotatable bonds is 2. The fraction of sp³-hybridized carbons (Fsp3) is 0.700. The fourth-order valence-electron chi connectivity index (χ4n) is 1.72. The highest BCUT2D eigenvalue weighted by Gasteiger charge is 2.20. The van der Waals surface area contributed by atoms with Crippen LogP contribution in [0.25, 0.3) is 0 Å². The Bertz CT molecular complexity index is 220. The maximum atomic E-state index is 10.4. The number of hydrogen-bond donors (Lipinski definition) is 1. The van der Waals surface area contributed by atoms with Crippen molar-refractivity contribution in [3.63, 3.8) is 0 Å². The van der Waals surface area contributed by atoms with Crippen molar-refractivity contribution in [2.75, 3.05) is 0 Å². The van der Waals surface area contributed by atoms with Crippen LogP contribution in [0.2, 0.25) is 0 Å². The number of aliphatic hydroxyl groups is 1. The van der Waals surface area contributed by atoms with E-state index in [1.807, 2.05) is 0 Å². The zero-order valence-corrected chi connectivity index (χ0v) is 7.82. The average molecular weight is 183 g/mol. The van der Waals surface area contributed by atoms with Crippen molar-refractivity contribution in [2.45, 2.75) is 38.7 Å². The van der Waals surface area contributed by atoms with Gasteiger partial charge in [0, 0.05) is 5.92 Å². The lowest BCUT2D eigenvalue weighted by molar-refractivity contribution is -0.299. The first-order valence-electron chi connectivity index (χ1n) is 4.69. The van der Waals surface area contributed by atoms with Crippen molar-refractivity contribution in [1.29, 1.82) is 0 Å². The molecule has 0 aromatic carbocycles. The van der Waals surface area contributed by atoms with E-state index < -0.39 is 5.97 Å². The van der Waals surface area contributed by atoms with Crippen LogP contribution in [0.1, 0.15) is 32.6 Å². The predicted octanol–water partition coefficient (Wildman–Crippen LogP) is 0.234. The van der Waals surface area contributed by atoms with Crippen LogP contribution >= 0.6 is 0 Å². The Morgan fingerprint density at radius 1 is 1.46 bits per heavy atom. The lowest BCUT2D eigenvalue weighted by Gasteiger charge is -2.25. The molecule has 0 spiro atoms. The lowest BCUT2D eigenvalue weighted by atomic mass is 9.85. The third kappa shape index (κ3) is 2.84. The van der Waals surface area contributed by atoms with Gasteiger partial charge in [-0.15, -0.1) is 0 Å². The van der Waals surface area contributed by atoms with E-state index >= 15 is 0 Å². The summed E-state index contributed by atoms with van der Waals surface area (Å²) in [4.78, 5) is 10.4. The quantitative estimate of drug-likeness (QED) is 0.623. The highest BCUT2D eigenvalue weighted by atomic mass is 16.4. The second kappa shape index (κ2) is 4.42. The highest BCUT2D eigenvalue weighted by molar-refractivity contribution is 5.83. The highest BCUT2D eigenvalue weighted by Crippen LogP contribution is 2.26. The van der Waals surface area contributed by atoms with Crippen LogP contribution in [-0.2, 0) is 4.79 Å². The number of carbonyl (C=O) groups is 1. The summed E-state index contributed by atoms with van der Waals surface area (Å²) in [6.45, 7) is 1.51. The average Bonchev–Trinajstić information content (AvgIpc) is 2.08. The Labute approximate surface area is 78.1 Å². The van der Waals surface area contributed by atoms with E-state index in [2.05, 4.69) is 0 Å². The van der Waals surface area contributed by atoms with E-state index in [4.69, 9.17) is 0 Å². The van der Waals surface area contributed by atoms with Gasteiger partial charge in [-0.05, 0) is 25.3 Å². The van der Waals surface area contributed by atoms with Crippen LogP contribution in [-0.4, -0.2) is 17.2 Å². The van der Waals surface area contributed by atoms with Crippen molar-refractivity contribution in [1.82, 2.24) is 0 Å². The van der Waals surface area contributed by atoms with Gasteiger partial charge in [0.15, 0.2) is 0 Å². The Balaban J connectivity index is 2.60. The van der Waals surface area contributed by atoms with Gasteiger partial charge in [-0.25, -0.2) is 0 Å². The lowest BCUT2D eigenvalue weighted by Crippen LogP contribution is -2.27. The minimum atomic E-state index is -1.14. The van der Waals surface area contributed by atoms with Gasteiger partial charge in [0.1, 0.15) is 0 Å². The van der Waals surface area contributed by atoms with E-state index in [9.17, 15) is 15.0 Å². The molecular weight excluding hydrogens is 168 g/mol. The molecule has 1 aliphatic carbocycles. The van der Waals surface area contributed by atoms with Crippen molar-refractivity contribution in [3.8, 4) is 0 Å². The van der Waals surface area contributed by atoms with Gasteiger partial charge in [-0.1, -0.05) is 18.9 Å². The molecule has 1 fully saturated rings. The number of hydrogen-bond acceptors (Lipinski definition) is 3. The minimum Gasteiger partial charge on any atom is -0.545 e. The maximum absolute atomic E-state index is 10.4. The molecule has 0 aromatic heterocycles. The normalized spacial score (nSPS) is 30.2. The van der Waals surface area contributed by atoms with Crippen LogP contribution < -0.4 is 5.11 Å². The molecule has 0 heterocycles. The molecule has 1 aliphatic rings. The maximum Gasteiger partial charge on any atom is 0.0668 e. The molecule has 0 saturated heterocycles. The Kier molecular flexibility index (Phi) is 3.48. The molecule has 0 aliphatic heterocycles. The van der Waals surface area contributed by atoms with Crippen molar-refractivity contribution in [2.24, 2.45) is 5.92 Å². The van der Waals surface area contributed by atoms with Crippen molar-refractivity contribution < 1.29 is 15.0 Å². The molecule has 13 heavy (non-hydrogen) atoms. The summed E-state index contributed by atoms with van der Waals surface area (Å²) < 4.78 is 0. The van der Waals surface area contributed by atoms with Gasteiger partial charge in [-0.2, -0.15) is 0 Å². The molecule has 1 saturated carbocycles. The number of carboxylic acid groups (broad SMARTS) is 1. The van der Waals surface area contributed by atoms with Gasteiger partial charge < -0.3 is 15.0 Å². The molecule has 3 heteroatoms. The number of carbonyl (C=O) groups excluding carboxylic acids is 1. The monoisotopic (exact) mass is 183 g/mol.